The van der Waals surface area contributed by atoms with Crippen LogP contribution in [0.3, 0.4) is 0 Å². The molecule has 70 valence electrons. The Bertz CT molecular complexity index is 286. The van der Waals surface area contributed by atoms with Crippen molar-refractivity contribution in [3.63, 3.8) is 0 Å². The molecular weight excluding hydrogens is 190 g/mol. The van der Waals surface area contributed by atoms with E-state index in [1.165, 1.54) is 6.92 Å². The highest BCUT2D eigenvalue weighted by Gasteiger charge is 1.96. The maximum absolute atomic E-state index is 10.6. The lowest BCUT2D eigenvalue weighted by Gasteiger charge is -2.01. The van der Waals surface area contributed by atoms with Crippen molar-refractivity contribution in [2.45, 2.75) is 19.3 Å². The quantitative estimate of drug-likeness (QED) is 0.735. The molecular formula is C8H10ClN3O. The largest absolute Gasteiger partial charge is 0.352 e. The van der Waals surface area contributed by atoms with Crippen molar-refractivity contribution in [1.29, 1.82) is 0 Å². The van der Waals surface area contributed by atoms with Gasteiger partial charge in [0, 0.05) is 31.4 Å². The molecule has 0 spiro atoms. The number of carbonyl (C=O) groups excluding carboxylic acids is 1. The maximum atomic E-state index is 10.6. The van der Waals surface area contributed by atoms with Crippen LogP contribution in [0.15, 0.2) is 12.4 Å². The van der Waals surface area contributed by atoms with Gasteiger partial charge in [-0.3, -0.25) is 4.79 Å². The van der Waals surface area contributed by atoms with Gasteiger partial charge in [-0.2, -0.15) is 0 Å². The Hall–Kier alpha value is -1.16. The fourth-order valence-corrected chi connectivity index (χ4v) is 0.906. The lowest BCUT2D eigenvalue weighted by molar-refractivity contribution is -0.119. The second-order valence-electron chi connectivity index (χ2n) is 2.55. The van der Waals surface area contributed by atoms with E-state index in [2.05, 4.69) is 15.3 Å². The first kappa shape index (κ1) is 9.92. The van der Waals surface area contributed by atoms with Gasteiger partial charge >= 0.3 is 0 Å². The number of carbonyl (C=O) groups is 1. The van der Waals surface area contributed by atoms with E-state index in [9.17, 15) is 4.79 Å². The number of amides is 1. The number of aromatic nitrogens is 2. The molecule has 0 saturated carbocycles. The van der Waals surface area contributed by atoms with E-state index >= 15 is 0 Å². The molecule has 0 unspecified atom stereocenters. The van der Waals surface area contributed by atoms with Crippen LogP contribution in [0, 0.1) is 0 Å². The summed E-state index contributed by atoms with van der Waals surface area (Å²) < 4.78 is 0. The van der Waals surface area contributed by atoms with Crippen LogP contribution in [0.1, 0.15) is 18.3 Å². The highest BCUT2D eigenvalue weighted by molar-refractivity contribution is 6.16. The lowest BCUT2D eigenvalue weighted by Crippen LogP contribution is -2.19. The first-order valence-electron chi connectivity index (χ1n) is 3.82. The molecule has 0 saturated heterocycles. The summed E-state index contributed by atoms with van der Waals surface area (Å²) in [6, 6.07) is 0. The van der Waals surface area contributed by atoms with Crippen LogP contribution in [-0.2, 0) is 17.2 Å². The predicted octanol–water partition coefficient (Wildman–Crippen LogP) is 0.851. The molecule has 0 radical (unpaired) electrons. The number of halogens is 1. The molecule has 1 rings (SSSR count). The zero-order chi connectivity index (χ0) is 9.68. The van der Waals surface area contributed by atoms with Gasteiger partial charge in [0.05, 0.1) is 5.88 Å². The van der Waals surface area contributed by atoms with Crippen LogP contribution < -0.4 is 5.32 Å². The number of nitrogens with one attached hydrogen (secondary N) is 1. The molecule has 4 nitrogen and oxygen atoms in total. The van der Waals surface area contributed by atoms with E-state index in [1.54, 1.807) is 12.4 Å². The van der Waals surface area contributed by atoms with Gasteiger partial charge in [0.15, 0.2) is 0 Å². The number of hydrogen-bond acceptors (Lipinski definition) is 3. The molecule has 0 aliphatic carbocycles. The Kier molecular flexibility index (Phi) is 3.64. The average Bonchev–Trinajstić information content (AvgIpc) is 2.15. The summed E-state index contributed by atoms with van der Waals surface area (Å²) in [6.45, 7) is 1.92. The van der Waals surface area contributed by atoms with E-state index in [4.69, 9.17) is 11.6 Å². The van der Waals surface area contributed by atoms with Crippen molar-refractivity contribution < 1.29 is 4.79 Å². The highest BCUT2D eigenvalue weighted by atomic mass is 35.5. The van der Waals surface area contributed by atoms with Gasteiger partial charge in [-0.05, 0) is 0 Å². The number of alkyl halides is 1. The van der Waals surface area contributed by atoms with Gasteiger partial charge in [0.2, 0.25) is 5.91 Å². The Labute approximate surface area is 81.3 Å². The van der Waals surface area contributed by atoms with Crippen LogP contribution in [0.5, 0.6) is 0 Å². The minimum atomic E-state index is -0.0681. The number of rotatable bonds is 3. The number of nitrogens with zero attached hydrogens (tertiary/aromatic N) is 2. The lowest BCUT2D eigenvalue weighted by atomic mass is 10.3. The Balaban J connectivity index is 2.54. The molecule has 0 aromatic carbocycles. The van der Waals surface area contributed by atoms with Gasteiger partial charge < -0.3 is 5.32 Å². The van der Waals surface area contributed by atoms with Crippen molar-refractivity contribution in [1.82, 2.24) is 15.3 Å². The molecule has 0 bridgehead atoms. The molecule has 1 heterocycles. The monoisotopic (exact) mass is 199 g/mol. The summed E-state index contributed by atoms with van der Waals surface area (Å²) in [4.78, 5) is 18.5. The molecule has 5 heteroatoms. The fraction of sp³-hybridized carbons (Fsp3) is 0.375. The molecule has 1 amide bonds. The Morgan fingerprint density at radius 3 is 2.62 bits per heavy atom. The van der Waals surface area contributed by atoms with Crippen LogP contribution in [-0.4, -0.2) is 15.9 Å². The van der Waals surface area contributed by atoms with Crippen LogP contribution in [0.25, 0.3) is 0 Å². The first-order valence-corrected chi connectivity index (χ1v) is 4.36. The van der Waals surface area contributed by atoms with Gasteiger partial charge in [0.25, 0.3) is 0 Å². The maximum Gasteiger partial charge on any atom is 0.217 e. The molecule has 1 aromatic rings. The van der Waals surface area contributed by atoms with E-state index < -0.39 is 0 Å². The summed E-state index contributed by atoms with van der Waals surface area (Å²) in [5.41, 5.74) is 0.865. The highest BCUT2D eigenvalue weighted by Crippen LogP contribution is 1.98. The molecule has 0 fully saturated rings. The molecule has 1 N–H and O–H groups in total. The topological polar surface area (TPSA) is 54.9 Å². The zero-order valence-corrected chi connectivity index (χ0v) is 8.01. The number of hydrogen-bond donors (Lipinski definition) is 1. The first-order chi connectivity index (χ1) is 6.22. The molecule has 13 heavy (non-hydrogen) atoms. The third-order valence-corrected chi connectivity index (χ3v) is 1.66. The van der Waals surface area contributed by atoms with Gasteiger partial charge in [-0.25, -0.2) is 9.97 Å². The average molecular weight is 200 g/mol. The van der Waals surface area contributed by atoms with Gasteiger partial charge in [0.1, 0.15) is 5.82 Å². The Morgan fingerprint density at radius 2 is 2.15 bits per heavy atom. The van der Waals surface area contributed by atoms with Crippen molar-refractivity contribution in [2.75, 3.05) is 0 Å². The van der Waals surface area contributed by atoms with Crippen molar-refractivity contribution in [3.05, 3.63) is 23.8 Å². The van der Waals surface area contributed by atoms with E-state index in [0.29, 0.717) is 18.2 Å². The summed E-state index contributed by atoms with van der Waals surface area (Å²) >= 11 is 5.51. The minimum absolute atomic E-state index is 0.0681. The predicted molar refractivity (Wildman–Crippen MR) is 49.1 cm³/mol. The summed E-state index contributed by atoms with van der Waals surface area (Å²) in [5.74, 6) is 0.829. The standard InChI is InChI=1S/C8H10ClN3O/c1-6(13)10-3-7-4-11-8(2-9)12-5-7/h4-5H,2-3H2,1H3,(H,10,13). The summed E-state index contributed by atoms with van der Waals surface area (Å²) in [7, 11) is 0. The smallest absolute Gasteiger partial charge is 0.217 e. The molecule has 0 atom stereocenters. The Morgan fingerprint density at radius 1 is 1.54 bits per heavy atom. The van der Waals surface area contributed by atoms with Crippen LogP contribution in [0.4, 0.5) is 0 Å². The third-order valence-electron chi connectivity index (χ3n) is 1.42. The fourth-order valence-electron chi connectivity index (χ4n) is 0.768. The second-order valence-corrected chi connectivity index (χ2v) is 2.82. The van der Waals surface area contributed by atoms with E-state index in [1.807, 2.05) is 0 Å². The summed E-state index contributed by atoms with van der Waals surface area (Å²) in [5, 5.41) is 2.65. The molecule has 1 aromatic heterocycles. The normalized spacial score (nSPS) is 9.69. The van der Waals surface area contributed by atoms with Crippen molar-refractivity contribution in [3.8, 4) is 0 Å². The van der Waals surface area contributed by atoms with E-state index in [0.717, 1.165) is 5.56 Å². The van der Waals surface area contributed by atoms with Crippen molar-refractivity contribution in [2.24, 2.45) is 0 Å². The van der Waals surface area contributed by atoms with Gasteiger partial charge in [-0.1, -0.05) is 0 Å². The SMILES string of the molecule is CC(=O)NCc1cnc(CCl)nc1. The summed E-state index contributed by atoms with van der Waals surface area (Å²) in [6.07, 6.45) is 3.31. The third kappa shape index (κ3) is 3.38. The second kappa shape index (κ2) is 4.77. The van der Waals surface area contributed by atoms with Crippen LogP contribution >= 0.6 is 11.6 Å². The van der Waals surface area contributed by atoms with Crippen molar-refractivity contribution >= 4 is 17.5 Å². The molecule has 0 aliphatic heterocycles. The van der Waals surface area contributed by atoms with Gasteiger partial charge in [-0.15, -0.1) is 11.6 Å². The molecule has 0 aliphatic rings. The zero-order valence-electron chi connectivity index (χ0n) is 7.25. The minimum Gasteiger partial charge on any atom is -0.352 e. The van der Waals surface area contributed by atoms with E-state index in [-0.39, 0.29) is 5.91 Å². The van der Waals surface area contributed by atoms with Crippen LogP contribution in [0.2, 0.25) is 0 Å².